The predicted octanol–water partition coefficient (Wildman–Crippen LogP) is 2.94. The minimum atomic E-state index is -0.360. The number of nitrogen functional groups attached to an aromatic ring is 1. The van der Waals surface area contributed by atoms with E-state index in [2.05, 4.69) is 25.7 Å². The molecule has 0 spiro atoms. The lowest BCUT2D eigenvalue weighted by Gasteiger charge is -2.11. The molecule has 156 valence electrons. The van der Waals surface area contributed by atoms with Crippen LogP contribution >= 0.6 is 0 Å². The highest BCUT2D eigenvalue weighted by molar-refractivity contribution is 5.90. The van der Waals surface area contributed by atoms with Gasteiger partial charge in [0.15, 0.2) is 5.82 Å². The Hall–Kier alpha value is -4.01. The first-order valence-electron chi connectivity index (χ1n) is 9.88. The van der Waals surface area contributed by atoms with E-state index >= 15 is 0 Å². The summed E-state index contributed by atoms with van der Waals surface area (Å²) in [7, 11) is 0. The third-order valence-corrected chi connectivity index (χ3v) is 5.47. The van der Waals surface area contributed by atoms with Crippen molar-refractivity contribution in [3.8, 4) is 11.1 Å². The van der Waals surface area contributed by atoms with E-state index in [-0.39, 0.29) is 18.3 Å². The van der Waals surface area contributed by atoms with Crippen molar-refractivity contribution in [2.75, 3.05) is 17.6 Å². The first kappa shape index (κ1) is 19.0. The average Bonchev–Trinajstić information content (AvgIpc) is 3.01. The zero-order valence-electron chi connectivity index (χ0n) is 16.8. The molecule has 0 saturated heterocycles. The summed E-state index contributed by atoms with van der Waals surface area (Å²) < 4.78 is 16.5. The Morgan fingerprint density at radius 3 is 2.84 bits per heavy atom. The summed E-state index contributed by atoms with van der Waals surface area (Å²) in [6.07, 6.45) is 5.50. The van der Waals surface area contributed by atoms with E-state index in [1.807, 2.05) is 19.1 Å². The molecule has 8 nitrogen and oxygen atoms in total. The van der Waals surface area contributed by atoms with Crippen molar-refractivity contribution < 1.29 is 9.18 Å². The number of halogens is 1. The van der Waals surface area contributed by atoms with Crippen LogP contribution in [-0.4, -0.2) is 32.2 Å². The molecule has 0 fully saturated rings. The zero-order chi connectivity index (χ0) is 21.5. The van der Waals surface area contributed by atoms with Crippen LogP contribution in [0.2, 0.25) is 0 Å². The topological polar surface area (TPSA) is 111 Å². The van der Waals surface area contributed by atoms with Gasteiger partial charge in [-0.1, -0.05) is 0 Å². The Morgan fingerprint density at radius 1 is 1.10 bits per heavy atom. The van der Waals surface area contributed by atoms with Crippen LogP contribution in [0, 0.1) is 12.7 Å². The smallest absolute Gasteiger partial charge is 0.241 e. The number of nitrogens with two attached hydrogens (primary N) is 1. The van der Waals surface area contributed by atoms with Crippen LogP contribution in [0.25, 0.3) is 21.9 Å². The Balaban J connectivity index is 1.50. The lowest BCUT2D eigenvalue weighted by atomic mass is 9.99. The second-order valence-electron chi connectivity index (χ2n) is 7.55. The number of carbonyl (C=O) groups excluding carboxylic acids is 1. The molecule has 1 aliphatic heterocycles. The van der Waals surface area contributed by atoms with E-state index in [0.717, 1.165) is 16.6 Å². The van der Waals surface area contributed by atoms with Gasteiger partial charge in [-0.05, 0) is 36.1 Å². The molecular weight excluding hydrogens is 397 g/mol. The van der Waals surface area contributed by atoms with E-state index < -0.39 is 0 Å². The van der Waals surface area contributed by atoms with Crippen molar-refractivity contribution in [3.63, 3.8) is 0 Å². The molecule has 0 aliphatic carbocycles. The van der Waals surface area contributed by atoms with Gasteiger partial charge < -0.3 is 16.4 Å². The molecule has 4 heterocycles. The van der Waals surface area contributed by atoms with Crippen molar-refractivity contribution in [1.29, 1.82) is 0 Å². The lowest BCUT2D eigenvalue weighted by Crippen LogP contribution is -2.25. The van der Waals surface area contributed by atoms with Gasteiger partial charge in [0.25, 0.3) is 0 Å². The van der Waals surface area contributed by atoms with Gasteiger partial charge in [0, 0.05) is 53.6 Å². The minimum Gasteiger partial charge on any atom is -0.397 e. The Kier molecular flexibility index (Phi) is 4.50. The van der Waals surface area contributed by atoms with Gasteiger partial charge in [-0.3, -0.25) is 14.5 Å². The number of pyridine rings is 2. The van der Waals surface area contributed by atoms with Gasteiger partial charge in [0.05, 0.1) is 11.9 Å². The Labute approximate surface area is 177 Å². The normalized spacial score (nSPS) is 13.5. The van der Waals surface area contributed by atoms with E-state index in [0.29, 0.717) is 46.8 Å². The number of nitrogens with zero attached hydrogens (tertiary/aromatic N) is 4. The monoisotopic (exact) mass is 417 g/mol. The largest absolute Gasteiger partial charge is 0.397 e. The number of anilines is 3. The second kappa shape index (κ2) is 7.35. The number of fused-ring (bicyclic) bond motifs is 2. The molecule has 0 atom stereocenters. The summed E-state index contributed by atoms with van der Waals surface area (Å²) in [4.78, 5) is 20.2. The number of benzene rings is 1. The number of nitrogens with one attached hydrogen (secondary N) is 2. The number of rotatable bonds is 3. The number of hydrogen-bond acceptors (Lipinski definition) is 6. The van der Waals surface area contributed by atoms with Crippen molar-refractivity contribution in [2.45, 2.75) is 19.9 Å². The summed E-state index contributed by atoms with van der Waals surface area (Å²) >= 11 is 0. The molecule has 3 aromatic heterocycles. The van der Waals surface area contributed by atoms with Crippen molar-refractivity contribution in [1.82, 2.24) is 25.1 Å². The zero-order valence-corrected chi connectivity index (χ0v) is 16.8. The third kappa shape index (κ3) is 3.54. The Morgan fingerprint density at radius 2 is 1.97 bits per heavy atom. The van der Waals surface area contributed by atoms with Gasteiger partial charge in [-0.15, -0.1) is 0 Å². The van der Waals surface area contributed by atoms with E-state index in [1.165, 1.54) is 6.07 Å². The van der Waals surface area contributed by atoms with Crippen molar-refractivity contribution >= 4 is 34.0 Å². The maximum absolute atomic E-state index is 14.8. The van der Waals surface area contributed by atoms with Gasteiger partial charge in [-0.2, -0.15) is 5.10 Å². The maximum Gasteiger partial charge on any atom is 0.241 e. The first-order valence-corrected chi connectivity index (χ1v) is 9.88. The molecular formula is C22H20FN7O. The molecule has 0 unspecified atom stereocenters. The van der Waals surface area contributed by atoms with Crippen molar-refractivity contribution in [3.05, 3.63) is 59.9 Å². The molecule has 0 bridgehead atoms. The van der Waals surface area contributed by atoms with Crippen LogP contribution in [-0.2, 0) is 17.8 Å². The molecule has 0 saturated carbocycles. The van der Waals surface area contributed by atoms with Gasteiger partial charge in [0.1, 0.15) is 18.2 Å². The summed E-state index contributed by atoms with van der Waals surface area (Å²) in [5.74, 6) is 0.764. The summed E-state index contributed by atoms with van der Waals surface area (Å²) in [5.41, 5.74) is 9.30. The quantitative estimate of drug-likeness (QED) is 0.473. The number of hydrogen-bond donors (Lipinski definition) is 3. The highest BCUT2D eigenvalue weighted by Gasteiger charge is 2.16. The SMILES string of the molecule is Cc1c(N)cncc1-c1cc2cc(Nc3cc4n(n3)CC(=O)NCC4)ncc2cc1F. The predicted molar refractivity (Wildman–Crippen MR) is 116 cm³/mol. The second-order valence-corrected chi connectivity index (χ2v) is 7.55. The molecule has 1 amide bonds. The number of carbonyl (C=O) groups is 1. The standard InChI is InChI=1S/C22H20FN7O/c1-12-17(9-25-10-19(12)24)16-4-13-6-20(27-8-14(13)5-18(16)23)28-21-7-15-2-3-26-22(31)11-30(15)29-21/h4-10H,2-3,11,24H2,1H3,(H,26,31)(H,27,28,29). The van der Waals surface area contributed by atoms with E-state index in [1.54, 1.807) is 29.3 Å². The van der Waals surface area contributed by atoms with Crippen LogP contribution in [0.1, 0.15) is 11.3 Å². The number of aromatic nitrogens is 4. The van der Waals surface area contributed by atoms with Crippen molar-refractivity contribution in [2.24, 2.45) is 0 Å². The fraction of sp³-hybridized carbons (Fsp3) is 0.182. The molecule has 1 aromatic carbocycles. The molecule has 4 N–H and O–H groups in total. The highest BCUT2D eigenvalue weighted by Crippen LogP contribution is 2.32. The molecule has 31 heavy (non-hydrogen) atoms. The van der Waals surface area contributed by atoms with E-state index in [9.17, 15) is 9.18 Å². The van der Waals surface area contributed by atoms with E-state index in [4.69, 9.17) is 5.73 Å². The van der Waals surface area contributed by atoms with Crippen LogP contribution in [0.15, 0.2) is 42.9 Å². The summed E-state index contributed by atoms with van der Waals surface area (Å²) in [6, 6.07) is 6.98. The van der Waals surface area contributed by atoms with Crippen LogP contribution < -0.4 is 16.4 Å². The molecule has 0 radical (unpaired) electrons. The average molecular weight is 417 g/mol. The van der Waals surface area contributed by atoms with Crippen LogP contribution in [0.5, 0.6) is 0 Å². The first-order chi connectivity index (χ1) is 15.0. The minimum absolute atomic E-state index is 0.0573. The molecule has 4 aromatic rings. The maximum atomic E-state index is 14.8. The summed E-state index contributed by atoms with van der Waals surface area (Å²) in [5, 5.41) is 12.0. The van der Waals surface area contributed by atoms with Crippen LogP contribution in [0.4, 0.5) is 21.7 Å². The molecule has 9 heteroatoms. The van der Waals surface area contributed by atoms with Gasteiger partial charge >= 0.3 is 0 Å². The molecule has 1 aliphatic rings. The molecule has 5 rings (SSSR count). The van der Waals surface area contributed by atoms with Gasteiger partial charge in [-0.25, -0.2) is 9.37 Å². The van der Waals surface area contributed by atoms with Gasteiger partial charge in [0.2, 0.25) is 5.91 Å². The number of amides is 1. The fourth-order valence-corrected chi connectivity index (χ4v) is 3.76. The Bertz CT molecular complexity index is 1330. The fourth-order valence-electron chi connectivity index (χ4n) is 3.76. The lowest BCUT2D eigenvalue weighted by molar-refractivity contribution is -0.121. The van der Waals surface area contributed by atoms with Crippen LogP contribution in [0.3, 0.4) is 0 Å². The highest BCUT2D eigenvalue weighted by atomic mass is 19.1. The third-order valence-electron chi connectivity index (χ3n) is 5.47. The summed E-state index contributed by atoms with van der Waals surface area (Å²) in [6.45, 7) is 2.63.